The van der Waals surface area contributed by atoms with Crippen LogP contribution in [0.25, 0.3) is 11.3 Å². The molecule has 26 heavy (non-hydrogen) atoms. The maximum Gasteiger partial charge on any atom is 0.225 e. The highest BCUT2D eigenvalue weighted by atomic mass is 16.2. The smallest absolute Gasteiger partial charge is 0.225 e. The predicted octanol–water partition coefficient (Wildman–Crippen LogP) is 3.19. The van der Waals surface area contributed by atoms with E-state index >= 15 is 0 Å². The van der Waals surface area contributed by atoms with Crippen LogP contribution in [0.15, 0.2) is 36.5 Å². The van der Waals surface area contributed by atoms with Gasteiger partial charge in [-0.05, 0) is 43.1 Å². The number of aromatic nitrogens is 2. The largest absolute Gasteiger partial charge is 0.341 e. The second-order valence-electron chi connectivity index (χ2n) is 8.00. The Labute approximate surface area is 155 Å². The number of fused-ring (bicyclic) bond motifs is 2. The fourth-order valence-corrected chi connectivity index (χ4v) is 4.81. The number of hydrogen-bond acceptors (Lipinski definition) is 3. The van der Waals surface area contributed by atoms with Gasteiger partial charge in [0.15, 0.2) is 0 Å². The Hall–Kier alpha value is -2.14. The van der Waals surface area contributed by atoms with E-state index in [1.165, 1.54) is 19.3 Å². The lowest BCUT2D eigenvalue weighted by Crippen LogP contribution is -2.49. The number of nitrogens with two attached hydrogens (primary N) is 1. The van der Waals surface area contributed by atoms with E-state index in [4.69, 9.17) is 5.73 Å². The zero-order valence-corrected chi connectivity index (χ0v) is 15.4. The molecule has 0 saturated heterocycles. The Balaban J connectivity index is 1.40. The molecule has 2 bridgehead atoms. The molecule has 2 fully saturated rings. The molecule has 2 atom stereocenters. The van der Waals surface area contributed by atoms with Crippen LogP contribution in [0, 0.1) is 17.8 Å². The summed E-state index contributed by atoms with van der Waals surface area (Å²) in [5, 5.41) is 0. The molecule has 1 amide bonds. The average molecular weight is 352 g/mol. The molecule has 4 rings (SSSR count). The topological polar surface area (TPSA) is 75.0 Å². The first-order valence-corrected chi connectivity index (χ1v) is 9.71. The van der Waals surface area contributed by atoms with Crippen molar-refractivity contribution in [2.45, 2.75) is 44.7 Å². The van der Waals surface area contributed by atoms with E-state index in [-0.39, 0.29) is 11.8 Å². The molecule has 5 heteroatoms. The lowest BCUT2D eigenvalue weighted by atomic mass is 9.65. The number of amides is 1. The number of nitrogens with zero attached hydrogens (tertiary/aromatic N) is 2. The normalized spacial score (nSPS) is 27.9. The van der Waals surface area contributed by atoms with E-state index in [1.54, 1.807) is 0 Å². The lowest BCUT2D eigenvalue weighted by molar-refractivity contribution is -0.137. The summed E-state index contributed by atoms with van der Waals surface area (Å²) in [4.78, 5) is 22.6. The van der Waals surface area contributed by atoms with Crippen LogP contribution >= 0.6 is 0 Å². The number of rotatable bonds is 4. The van der Waals surface area contributed by atoms with E-state index in [9.17, 15) is 4.79 Å². The zero-order chi connectivity index (χ0) is 18.1. The standard InChI is InChI=1S/C21H28N4O/c1-25(13-19-23-12-18(24-19)14-6-3-2-4-7-14)21(26)17-10-15-8-5-9-16(11-17)20(15)22/h2-4,6-7,12,15-17,20H,5,8-11,13,22H2,1H3,(H,23,24). The first-order valence-electron chi connectivity index (χ1n) is 9.71. The van der Waals surface area contributed by atoms with Gasteiger partial charge in [-0.2, -0.15) is 0 Å². The van der Waals surface area contributed by atoms with Crippen LogP contribution in [0.5, 0.6) is 0 Å². The van der Waals surface area contributed by atoms with E-state index in [0.717, 1.165) is 29.9 Å². The predicted molar refractivity (Wildman–Crippen MR) is 102 cm³/mol. The first-order chi connectivity index (χ1) is 12.6. The highest BCUT2D eigenvalue weighted by Gasteiger charge is 2.41. The number of H-pyrrole nitrogens is 1. The number of carbonyl (C=O) groups excluding carboxylic acids is 1. The first kappa shape index (κ1) is 17.3. The highest BCUT2D eigenvalue weighted by molar-refractivity contribution is 5.78. The van der Waals surface area contributed by atoms with Crippen molar-refractivity contribution in [2.75, 3.05) is 7.05 Å². The molecule has 5 nitrogen and oxygen atoms in total. The van der Waals surface area contributed by atoms with E-state index in [0.29, 0.717) is 24.4 Å². The van der Waals surface area contributed by atoms with Crippen molar-refractivity contribution in [3.8, 4) is 11.3 Å². The molecule has 2 aliphatic carbocycles. The lowest BCUT2D eigenvalue weighted by Gasteiger charge is -2.44. The fraction of sp³-hybridized carbons (Fsp3) is 0.524. The molecule has 1 aromatic carbocycles. The van der Waals surface area contributed by atoms with Crippen molar-refractivity contribution in [3.63, 3.8) is 0 Å². The third-order valence-corrected chi connectivity index (χ3v) is 6.24. The molecular formula is C21H28N4O. The van der Waals surface area contributed by atoms with Gasteiger partial charge in [0, 0.05) is 19.0 Å². The number of carbonyl (C=O) groups is 1. The van der Waals surface area contributed by atoms with Crippen LogP contribution in [-0.2, 0) is 11.3 Å². The molecule has 0 aliphatic heterocycles. The summed E-state index contributed by atoms with van der Waals surface area (Å²) in [6.45, 7) is 0.517. The minimum Gasteiger partial charge on any atom is -0.341 e. The van der Waals surface area contributed by atoms with Crippen LogP contribution in [0.3, 0.4) is 0 Å². The van der Waals surface area contributed by atoms with Crippen LogP contribution in [0.4, 0.5) is 0 Å². The minimum atomic E-state index is 0.124. The molecule has 1 heterocycles. The number of hydrogen-bond donors (Lipinski definition) is 2. The molecule has 2 aliphatic rings. The molecule has 2 aromatic rings. The van der Waals surface area contributed by atoms with Gasteiger partial charge in [-0.3, -0.25) is 4.79 Å². The number of nitrogens with one attached hydrogen (secondary N) is 1. The van der Waals surface area contributed by atoms with E-state index < -0.39 is 0 Å². The second-order valence-corrected chi connectivity index (χ2v) is 8.00. The summed E-state index contributed by atoms with van der Waals surface area (Å²) in [5.74, 6) is 2.24. The molecule has 0 radical (unpaired) electrons. The van der Waals surface area contributed by atoms with Crippen LogP contribution in [0.2, 0.25) is 0 Å². The quantitative estimate of drug-likeness (QED) is 0.887. The summed E-state index contributed by atoms with van der Waals surface area (Å²) in [7, 11) is 1.89. The van der Waals surface area contributed by atoms with Crippen LogP contribution in [-0.4, -0.2) is 33.9 Å². The summed E-state index contributed by atoms with van der Waals surface area (Å²) in [6, 6.07) is 10.4. The summed E-state index contributed by atoms with van der Waals surface area (Å²) in [5.41, 5.74) is 8.46. The summed E-state index contributed by atoms with van der Waals surface area (Å²) < 4.78 is 0. The monoisotopic (exact) mass is 352 g/mol. The molecule has 2 unspecified atom stereocenters. The third-order valence-electron chi connectivity index (χ3n) is 6.24. The molecule has 2 saturated carbocycles. The maximum atomic E-state index is 13.0. The molecule has 1 aromatic heterocycles. The van der Waals surface area contributed by atoms with Gasteiger partial charge in [0.1, 0.15) is 5.82 Å². The van der Waals surface area contributed by atoms with Crippen LogP contribution < -0.4 is 5.73 Å². The van der Waals surface area contributed by atoms with Crippen molar-refractivity contribution in [1.82, 2.24) is 14.9 Å². The Morgan fingerprint density at radius 3 is 2.62 bits per heavy atom. The highest BCUT2D eigenvalue weighted by Crippen LogP contribution is 2.42. The molecule has 3 N–H and O–H groups in total. The molecular weight excluding hydrogens is 324 g/mol. The van der Waals surface area contributed by atoms with Crippen molar-refractivity contribution < 1.29 is 4.79 Å². The number of benzene rings is 1. The van der Waals surface area contributed by atoms with Gasteiger partial charge < -0.3 is 15.6 Å². The van der Waals surface area contributed by atoms with Crippen molar-refractivity contribution >= 4 is 5.91 Å². The molecule has 138 valence electrons. The SMILES string of the molecule is CN(Cc1ncc(-c2ccccc2)[nH]1)C(=O)C1CC2CCCC(C1)C2N. The Kier molecular flexibility index (Phi) is 4.81. The third kappa shape index (κ3) is 3.40. The Morgan fingerprint density at radius 2 is 1.92 bits per heavy atom. The van der Waals surface area contributed by atoms with Crippen molar-refractivity contribution in [1.29, 1.82) is 0 Å². The van der Waals surface area contributed by atoms with Crippen molar-refractivity contribution in [2.24, 2.45) is 23.5 Å². The number of imidazole rings is 1. The second kappa shape index (κ2) is 7.23. The van der Waals surface area contributed by atoms with Gasteiger partial charge in [-0.25, -0.2) is 4.98 Å². The average Bonchev–Trinajstić information content (AvgIpc) is 3.10. The number of aromatic amines is 1. The van der Waals surface area contributed by atoms with E-state index in [2.05, 4.69) is 22.1 Å². The van der Waals surface area contributed by atoms with Gasteiger partial charge in [0.05, 0.1) is 18.4 Å². The summed E-state index contributed by atoms with van der Waals surface area (Å²) >= 11 is 0. The Bertz CT molecular complexity index is 742. The zero-order valence-electron chi connectivity index (χ0n) is 15.4. The van der Waals surface area contributed by atoms with Crippen molar-refractivity contribution in [3.05, 3.63) is 42.4 Å². The maximum absolute atomic E-state index is 13.0. The van der Waals surface area contributed by atoms with Gasteiger partial charge in [0.25, 0.3) is 0 Å². The van der Waals surface area contributed by atoms with Gasteiger partial charge >= 0.3 is 0 Å². The van der Waals surface area contributed by atoms with Gasteiger partial charge in [-0.1, -0.05) is 36.8 Å². The van der Waals surface area contributed by atoms with Crippen LogP contribution in [0.1, 0.15) is 37.9 Å². The van der Waals surface area contributed by atoms with Gasteiger partial charge in [-0.15, -0.1) is 0 Å². The van der Waals surface area contributed by atoms with Gasteiger partial charge in [0.2, 0.25) is 5.91 Å². The minimum absolute atomic E-state index is 0.124. The molecule has 0 spiro atoms. The fourth-order valence-electron chi connectivity index (χ4n) is 4.81. The Morgan fingerprint density at radius 1 is 1.23 bits per heavy atom. The summed E-state index contributed by atoms with van der Waals surface area (Å²) in [6.07, 6.45) is 7.39. The van der Waals surface area contributed by atoms with E-state index in [1.807, 2.05) is 36.3 Å².